The van der Waals surface area contributed by atoms with Gasteiger partial charge in [-0.2, -0.15) is 13.2 Å². The third-order valence-electron chi connectivity index (χ3n) is 7.04. The number of pyridine rings is 2. The number of ether oxygens (including phenoxy) is 2. The summed E-state index contributed by atoms with van der Waals surface area (Å²) in [5.41, 5.74) is 1.47. The van der Waals surface area contributed by atoms with Crippen molar-refractivity contribution in [2.45, 2.75) is 50.6 Å². The standard InChI is InChI=1S/C29H29F5N8O4/c30-17-9-20-21(12-38-24(20)37-11-17)25-39-13-22(31)26(42-25)40-18-2-1-3-19(10-18)41-27(43)23-8-16(4-5-35-23)14-46-28(44)36-6-7-45-15-29(32,33)34/h4-5,8-9,11-13,18-19H,1-3,6-7,10,14-15H2,(H,36,44)(H,37,38)(H,41,43)(H,39,40,42)/t18-,19?/m0/s1. The van der Waals surface area contributed by atoms with Gasteiger partial charge in [-0.15, -0.1) is 0 Å². The third-order valence-corrected chi connectivity index (χ3v) is 7.04. The molecule has 1 aliphatic carbocycles. The van der Waals surface area contributed by atoms with Gasteiger partial charge in [0.2, 0.25) is 0 Å². The molecule has 12 nitrogen and oxygen atoms in total. The predicted molar refractivity (Wildman–Crippen MR) is 153 cm³/mol. The number of aromatic amines is 1. The summed E-state index contributed by atoms with van der Waals surface area (Å²) in [5, 5.41) is 8.78. The van der Waals surface area contributed by atoms with Gasteiger partial charge in [0.05, 0.1) is 19.0 Å². The monoisotopic (exact) mass is 648 g/mol. The van der Waals surface area contributed by atoms with Crippen molar-refractivity contribution in [3.63, 3.8) is 0 Å². The van der Waals surface area contributed by atoms with Crippen LogP contribution in [-0.4, -0.2) is 74.9 Å². The van der Waals surface area contributed by atoms with Crippen molar-refractivity contribution >= 4 is 28.9 Å². The Hall–Kier alpha value is -4.93. The Bertz CT molecular complexity index is 1690. The van der Waals surface area contributed by atoms with Crippen LogP contribution in [0.4, 0.5) is 32.6 Å². The number of alkyl halides is 3. The second-order valence-corrected chi connectivity index (χ2v) is 10.5. The Morgan fingerprint density at radius 1 is 1.07 bits per heavy atom. The summed E-state index contributed by atoms with van der Waals surface area (Å²) in [6.45, 7) is -2.14. The number of nitrogens with zero attached hydrogens (tertiary/aromatic N) is 4. The highest BCUT2D eigenvalue weighted by Gasteiger charge is 2.27. The van der Waals surface area contributed by atoms with Crippen molar-refractivity contribution in [2.75, 3.05) is 25.1 Å². The highest BCUT2D eigenvalue weighted by Crippen LogP contribution is 2.28. The lowest BCUT2D eigenvalue weighted by molar-refractivity contribution is -0.173. The number of rotatable bonds is 11. The Kier molecular flexibility index (Phi) is 10.2. The second-order valence-electron chi connectivity index (χ2n) is 10.5. The molecule has 4 heterocycles. The van der Waals surface area contributed by atoms with Gasteiger partial charge in [-0.05, 0) is 49.4 Å². The highest BCUT2D eigenvalue weighted by atomic mass is 19.4. The molecule has 0 spiro atoms. The molecule has 4 N–H and O–H groups in total. The van der Waals surface area contributed by atoms with Crippen LogP contribution >= 0.6 is 0 Å². The van der Waals surface area contributed by atoms with Crippen LogP contribution in [0, 0.1) is 11.6 Å². The molecule has 0 saturated heterocycles. The maximum atomic E-state index is 14.7. The van der Waals surface area contributed by atoms with E-state index in [1.807, 2.05) is 0 Å². The normalized spacial score (nSPS) is 16.6. The van der Waals surface area contributed by atoms with Crippen LogP contribution < -0.4 is 16.0 Å². The molecule has 1 aliphatic rings. The minimum Gasteiger partial charge on any atom is -0.445 e. The summed E-state index contributed by atoms with van der Waals surface area (Å²) in [4.78, 5) is 44.2. The van der Waals surface area contributed by atoms with Crippen molar-refractivity contribution < 1.29 is 41.0 Å². The van der Waals surface area contributed by atoms with E-state index in [1.165, 1.54) is 18.3 Å². The number of carbonyl (C=O) groups is 2. The van der Waals surface area contributed by atoms with E-state index < -0.39 is 36.4 Å². The number of H-pyrrole nitrogens is 1. The molecule has 2 amide bonds. The minimum atomic E-state index is -4.45. The molecule has 0 bridgehead atoms. The fourth-order valence-corrected chi connectivity index (χ4v) is 4.97. The second kappa shape index (κ2) is 14.4. The molecule has 1 unspecified atom stereocenters. The van der Waals surface area contributed by atoms with Gasteiger partial charge in [0, 0.05) is 42.0 Å². The first-order valence-corrected chi connectivity index (χ1v) is 14.3. The Labute approximate surface area is 258 Å². The highest BCUT2D eigenvalue weighted by molar-refractivity contribution is 5.93. The van der Waals surface area contributed by atoms with E-state index in [0.29, 0.717) is 41.4 Å². The number of fused-ring (bicyclic) bond motifs is 1. The van der Waals surface area contributed by atoms with E-state index in [1.54, 1.807) is 12.3 Å². The largest absolute Gasteiger partial charge is 0.445 e. The van der Waals surface area contributed by atoms with E-state index >= 15 is 0 Å². The van der Waals surface area contributed by atoms with Crippen molar-refractivity contribution in [1.29, 1.82) is 0 Å². The number of hydrogen-bond donors (Lipinski definition) is 4. The smallest absolute Gasteiger partial charge is 0.411 e. The number of halogens is 5. The summed E-state index contributed by atoms with van der Waals surface area (Å²) < 4.78 is 74.2. The quantitative estimate of drug-likeness (QED) is 0.134. The van der Waals surface area contributed by atoms with Crippen LogP contribution in [0.25, 0.3) is 22.4 Å². The summed E-state index contributed by atoms with van der Waals surface area (Å²) in [6.07, 6.45) is 2.37. The molecule has 0 aliphatic heterocycles. The van der Waals surface area contributed by atoms with E-state index in [2.05, 4.69) is 45.6 Å². The van der Waals surface area contributed by atoms with Crippen molar-refractivity contribution in [1.82, 2.24) is 35.6 Å². The maximum Gasteiger partial charge on any atom is 0.411 e. The first-order chi connectivity index (χ1) is 22.0. The van der Waals surface area contributed by atoms with E-state index in [9.17, 15) is 31.5 Å². The van der Waals surface area contributed by atoms with Crippen LogP contribution in [0.2, 0.25) is 0 Å². The van der Waals surface area contributed by atoms with Gasteiger partial charge < -0.3 is 30.4 Å². The maximum absolute atomic E-state index is 14.7. The van der Waals surface area contributed by atoms with Crippen molar-refractivity contribution in [2.24, 2.45) is 0 Å². The van der Waals surface area contributed by atoms with Crippen molar-refractivity contribution in [3.8, 4) is 11.4 Å². The molecule has 46 heavy (non-hydrogen) atoms. The molecular weight excluding hydrogens is 619 g/mol. The van der Waals surface area contributed by atoms with Gasteiger partial charge in [0.25, 0.3) is 5.91 Å². The minimum absolute atomic E-state index is 0.0204. The number of hydrogen-bond acceptors (Lipinski definition) is 9. The summed E-state index contributed by atoms with van der Waals surface area (Å²) in [7, 11) is 0. The molecule has 2 atom stereocenters. The molecular formula is C29H29F5N8O4. The zero-order chi connectivity index (χ0) is 32.7. The first-order valence-electron chi connectivity index (χ1n) is 14.3. The molecule has 5 rings (SSSR count). The summed E-state index contributed by atoms with van der Waals surface area (Å²) in [5.74, 6) is -1.48. The Morgan fingerprint density at radius 2 is 1.89 bits per heavy atom. The zero-order valence-electron chi connectivity index (χ0n) is 24.2. The van der Waals surface area contributed by atoms with E-state index in [4.69, 9.17) is 4.74 Å². The number of anilines is 1. The Morgan fingerprint density at radius 3 is 2.72 bits per heavy atom. The fourth-order valence-electron chi connectivity index (χ4n) is 4.97. The van der Waals surface area contributed by atoms with Gasteiger partial charge >= 0.3 is 12.3 Å². The molecule has 17 heteroatoms. The van der Waals surface area contributed by atoms with Crippen LogP contribution in [-0.2, 0) is 16.1 Å². The SMILES string of the molecule is O=C(NCCOCC(F)(F)F)OCc1ccnc(C(=O)NC2CCC[C@H](Nc3nc(-c4c[nH]c5ncc(F)cc45)ncc3F)C2)c1. The lowest BCUT2D eigenvalue weighted by Gasteiger charge is -2.30. The molecule has 1 saturated carbocycles. The van der Waals surface area contributed by atoms with E-state index in [-0.39, 0.29) is 49.2 Å². The predicted octanol–water partition coefficient (Wildman–Crippen LogP) is 4.65. The average Bonchev–Trinajstić information content (AvgIpc) is 3.44. The van der Waals surface area contributed by atoms with Gasteiger partial charge in [0.15, 0.2) is 17.5 Å². The molecule has 4 aromatic heterocycles. The summed E-state index contributed by atoms with van der Waals surface area (Å²) >= 11 is 0. The van der Waals surface area contributed by atoms with E-state index in [0.717, 1.165) is 18.8 Å². The lowest BCUT2D eigenvalue weighted by Crippen LogP contribution is -2.42. The zero-order valence-corrected chi connectivity index (χ0v) is 24.2. The molecule has 0 radical (unpaired) electrons. The first kappa shape index (κ1) is 32.5. The molecule has 1 fully saturated rings. The van der Waals surface area contributed by atoms with Crippen LogP contribution in [0.3, 0.4) is 0 Å². The summed E-state index contributed by atoms with van der Waals surface area (Å²) in [6, 6.07) is 3.83. The molecule has 0 aromatic carbocycles. The number of aromatic nitrogens is 5. The van der Waals surface area contributed by atoms with Crippen LogP contribution in [0.15, 0.2) is 43.0 Å². The van der Waals surface area contributed by atoms with Gasteiger partial charge in [-0.3, -0.25) is 9.78 Å². The number of nitrogens with one attached hydrogen (secondary N) is 4. The molecule has 244 valence electrons. The number of amides is 2. The van der Waals surface area contributed by atoms with Crippen molar-refractivity contribution in [3.05, 3.63) is 65.9 Å². The third kappa shape index (κ3) is 8.83. The fraction of sp³-hybridized carbons (Fsp3) is 0.379. The van der Waals surface area contributed by atoms with Gasteiger partial charge in [-0.25, -0.2) is 28.5 Å². The lowest BCUT2D eigenvalue weighted by atomic mass is 9.91. The van der Waals surface area contributed by atoms with Crippen LogP contribution in [0.1, 0.15) is 41.7 Å². The molecule has 4 aromatic rings. The number of carbonyl (C=O) groups excluding carboxylic acids is 2. The van der Waals surface area contributed by atoms with Gasteiger partial charge in [-0.1, -0.05) is 0 Å². The van der Waals surface area contributed by atoms with Crippen LogP contribution in [0.5, 0.6) is 0 Å². The number of alkyl carbamates (subject to hydrolysis) is 1. The topological polar surface area (TPSA) is 156 Å². The Balaban J connectivity index is 1.12. The van der Waals surface area contributed by atoms with Gasteiger partial charge in [0.1, 0.15) is 30.4 Å². The average molecular weight is 649 g/mol.